The first-order valence-electron chi connectivity index (χ1n) is 5.96. The highest BCUT2D eigenvalue weighted by molar-refractivity contribution is 5.97. The molecule has 1 heterocycles. The lowest BCUT2D eigenvalue weighted by Crippen LogP contribution is -1.95. The number of carboxylic acids is 1. The molecule has 0 spiro atoms. The summed E-state index contributed by atoms with van der Waals surface area (Å²) >= 11 is 0. The average molecular weight is 263 g/mol. The van der Waals surface area contributed by atoms with Crippen LogP contribution in [0.4, 0.5) is 0 Å². The molecule has 96 valence electrons. The second-order valence-corrected chi connectivity index (χ2v) is 4.30. The van der Waals surface area contributed by atoms with Gasteiger partial charge in [0.05, 0.1) is 5.56 Å². The van der Waals surface area contributed by atoms with Gasteiger partial charge in [-0.1, -0.05) is 30.3 Å². The second kappa shape index (κ2) is 4.56. The van der Waals surface area contributed by atoms with Gasteiger partial charge in [-0.15, -0.1) is 0 Å². The fraction of sp³-hybridized carbons (Fsp3) is 0. The Morgan fingerprint density at radius 2 is 1.80 bits per heavy atom. The molecule has 0 atom stereocenters. The zero-order chi connectivity index (χ0) is 14.1. The smallest absolute Gasteiger partial charge is 0.335 e. The summed E-state index contributed by atoms with van der Waals surface area (Å²) < 4.78 is 5.50. The molecule has 20 heavy (non-hydrogen) atoms. The molecule has 1 N–H and O–H groups in total. The molecule has 0 radical (unpaired) electrons. The van der Waals surface area contributed by atoms with E-state index < -0.39 is 5.97 Å². The largest absolute Gasteiger partial charge is 0.478 e. The number of furan rings is 1. The molecule has 0 bridgehead atoms. The molecule has 4 heteroatoms. The maximum absolute atomic E-state index is 10.9. The molecule has 4 nitrogen and oxygen atoms in total. The topological polar surface area (TPSA) is 74.2 Å². The van der Waals surface area contributed by atoms with Crippen molar-refractivity contribution in [2.75, 3.05) is 0 Å². The summed E-state index contributed by atoms with van der Waals surface area (Å²) in [4.78, 5) is 10.9. The molecule has 0 aliphatic carbocycles. The van der Waals surface area contributed by atoms with Gasteiger partial charge in [-0.3, -0.25) is 0 Å². The molecular weight excluding hydrogens is 254 g/mol. The predicted molar refractivity (Wildman–Crippen MR) is 73.3 cm³/mol. The predicted octanol–water partition coefficient (Wildman–Crippen LogP) is 3.67. The van der Waals surface area contributed by atoms with Gasteiger partial charge in [0.25, 0.3) is 0 Å². The first-order chi connectivity index (χ1) is 9.70. The number of nitrogens with zero attached hydrogens (tertiary/aromatic N) is 1. The normalized spacial score (nSPS) is 10.3. The van der Waals surface area contributed by atoms with Crippen LogP contribution in [0.5, 0.6) is 0 Å². The van der Waals surface area contributed by atoms with Crippen LogP contribution in [0.3, 0.4) is 0 Å². The summed E-state index contributed by atoms with van der Waals surface area (Å²) in [6, 6.07) is 15.8. The Hall–Kier alpha value is -3.06. The van der Waals surface area contributed by atoms with Crippen molar-refractivity contribution < 1.29 is 14.3 Å². The van der Waals surface area contributed by atoms with Crippen LogP contribution in [0.1, 0.15) is 16.1 Å². The Morgan fingerprint density at radius 1 is 1.10 bits per heavy atom. The Morgan fingerprint density at radius 3 is 2.45 bits per heavy atom. The number of aromatic carboxylic acids is 1. The van der Waals surface area contributed by atoms with E-state index in [1.807, 2.05) is 24.3 Å². The van der Waals surface area contributed by atoms with Crippen LogP contribution in [-0.4, -0.2) is 11.1 Å². The zero-order valence-electron chi connectivity index (χ0n) is 10.3. The zero-order valence-corrected chi connectivity index (χ0v) is 10.3. The number of benzene rings is 2. The van der Waals surface area contributed by atoms with Crippen molar-refractivity contribution in [3.05, 3.63) is 59.9 Å². The Labute approximate surface area is 114 Å². The third-order valence-electron chi connectivity index (χ3n) is 3.12. The van der Waals surface area contributed by atoms with Crippen LogP contribution in [0, 0.1) is 11.3 Å². The third kappa shape index (κ3) is 1.82. The third-order valence-corrected chi connectivity index (χ3v) is 3.12. The molecule has 0 aliphatic heterocycles. The maximum Gasteiger partial charge on any atom is 0.335 e. The lowest BCUT2D eigenvalue weighted by Gasteiger charge is -2.00. The van der Waals surface area contributed by atoms with Crippen molar-refractivity contribution in [2.24, 2.45) is 0 Å². The number of carboxylic acid groups (broad SMARTS) is 1. The van der Waals surface area contributed by atoms with Crippen molar-refractivity contribution in [3.8, 4) is 17.2 Å². The number of hydrogen-bond donors (Lipinski definition) is 1. The lowest BCUT2D eigenvalue weighted by molar-refractivity contribution is 0.0697. The molecule has 0 amide bonds. The first kappa shape index (κ1) is 12.0. The van der Waals surface area contributed by atoms with Crippen molar-refractivity contribution >= 4 is 16.9 Å². The van der Waals surface area contributed by atoms with Crippen molar-refractivity contribution in [1.82, 2.24) is 0 Å². The number of para-hydroxylation sites is 1. The lowest BCUT2D eigenvalue weighted by atomic mass is 10.0. The van der Waals surface area contributed by atoms with Gasteiger partial charge in [0.1, 0.15) is 11.7 Å². The van der Waals surface area contributed by atoms with E-state index in [0.29, 0.717) is 11.1 Å². The SMILES string of the molecule is N#Cc1oc2ccccc2c1-c1ccc(C(=O)O)cc1. The summed E-state index contributed by atoms with van der Waals surface area (Å²) in [5.74, 6) is -0.747. The van der Waals surface area contributed by atoms with E-state index >= 15 is 0 Å². The molecule has 0 unspecified atom stereocenters. The highest BCUT2D eigenvalue weighted by Gasteiger charge is 2.15. The summed E-state index contributed by atoms with van der Waals surface area (Å²) in [5.41, 5.74) is 2.30. The number of hydrogen-bond acceptors (Lipinski definition) is 3. The standard InChI is InChI=1S/C16H9NO3/c17-9-14-15(12-3-1-2-4-13(12)20-14)10-5-7-11(8-6-10)16(18)19/h1-8H,(H,18,19). The Balaban J connectivity index is 2.23. The number of nitriles is 1. The van der Waals surface area contributed by atoms with Gasteiger partial charge < -0.3 is 9.52 Å². The molecular formula is C16H9NO3. The van der Waals surface area contributed by atoms with Gasteiger partial charge in [0.15, 0.2) is 0 Å². The molecule has 1 aromatic heterocycles. The summed E-state index contributed by atoms with van der Waals surface area (Å²) in [6.07, 6.45) is 0. The van der Waals surface area contributed by atoms with E-state index in [1.54, 1.807) is 18.2 Å². The van der Waals surface area contributed by atoms with E-state index in [2.05, 4.69) is 0 Å². The number of rotatable bonds is 2. The second-order valence-electron chi connectivity index (χ2n) is 4.30. The van der Waals surface area contributed by atoms with Gasteiger partial charge in [-0.25, -0.2) is 4.79 Å². The van der Waals surface area contributed by atoms with E-state index in [-0.39, 0.29) is 11.3 Å². The maximum atomic E-state index is 10.9. The highest BCUT2D eigenvalue weighted by Crippen LogP contribution is 2.34. The Kier molecular flexibility index (Phi) is 2.73. The molecule has 2 aromatic carbocycles. The summed E-state index contributed by atoms with van der Waals surface area (Å²) in [6.45, 7) is 0. The fourth-order valence-corrected chi connectivity index (χ4v) is 2.19. The van der Waals surface area contributed by atoms with Gasteiger partial charge in [-0.05, 0) is 23.8 Å². The van der Waals surface area contributed by atoms with Crippen molar-refractivity contribution in [3.63, 3.8) is 0 Å². The van der Waals surface area contributed by atoms with E-state index in [9.17, 15) is 10.1 Å². The monoisotopic (exact) mass is 263 g/mol. The highest BCUT2D eigenvalue weighted by atomic mass is 16.4. The number of carbonyl (C=O) groups is 1. The van der Waals surface area contributed by atoms with E-state index in [0.717, 1.165) is 10.9 Å². The van der Waals surface area contributed by atoms with E-state index in [1.165, 1.54) is 12.1 Å². The summed E-state index contributed by atoms with van der Waals surface area (Å²) in [5, 5.41) is 18.9. The quantitative estimate of drug-likeness (QED) is 0.765. The first-order valence-corrected chi connectivity index (χ1v) is 5.96. The Bertz CT molecular complexity index is 838. The van der Waals surface area contributed by atoms with Crippen molar-refractivity contribution in [1.29, 1.82) is 5.26 Å². The fourth-order valence-electron chi connectivity index (χ4n) is 2.19. The average Bonchev–Trinajstić information content (AvgIpc) is 2.85. The minimum Gasteiger partial charge on any atom is -0.478 e. The van der Waals surface area contributed by atoms with Gasteiger partial charge in [0.2, 0.25) is 5.76 Å². The molecule has 0 fully saturated rings. The van der Waals surface area contributed by atoms with Crippen LogP contribution in [0.15, 0.2) is 52.9 Å². The van der Waals surface area contributed by atoms with Gasteiger partial charge in [0, 0.05) is 10.9 Å². The minimum absolute atomic E-state index is 0.208. The van der Waals surface area contributed by atoms with E-state index in [4.69, 9.17) is 9.52 Å². The van der Waals surface area contributed by atoms with Gasteiger partial charge in [-0.2, -0.15) is 5.26 Å². The minimum atomic E-state index is -0.978. The van der Waals surface area contributed by atoms with Crippen LogP contribution in [0.25, 0.3) is 22.1 Å². The molecule has 0 aliphatic rings. The molecule has 0 saturated carbocycles. The van der Waals surface area contributed by atoms with Crippen LogP contribution in [-0.2, 0) is 0 Å². The number of fused-ring (bicyclic) bond motifs is 1. The van der Waals surface area contributed by atoms with Crippen LogP contribution >= 0.6 is 0 Å². The summed E-state index contributed by atoms with van der Waals surface area (Å²) in [7, 11) is 0. The molecule has 3 aromatic rings. The van der Waals surface area contributed by atoms with Crippen molar-refractivity contribution in [2.45, 2.75) is 0 Å². The van der Waals surface area contributed by atoms with Crippen LogP contribution < -0.4 is 0 Å². The van der Waals surface area contributed by atoms with Crippen LogP contribution in [0.2, 0.25) is 0 Å². The molecule has 3 rings (SSSR count). The molecule has 0 saturated heterocycles. The van der Waals surface area contributed by atoms with Gasteiger partial charge >= 0.3 is 5.97 Å².